The Kier molecular flexibility index (Phi) is 5.17. The lowest BCUT2D eigenvalue weighted by Gasteiger charge is -2.06. The molecule has 0 aliphatic carbocycles. The van der Waals surface area contributed by atoms with E-state index in [-0.39, 0.29) is 10.6 Å². The maximum Gasteiger partial charge on any atom is 0.456 e. The van der Waals surface area contributed by atoms with Crippen molar-refractivity contribution in [2.45, 2.75) is 6.18 Å². The summed E-state index contributed by atoms with van der Waals surface area (Å²) in [5.74, 6) is -3.15. The molecular formula is C14H8ClF3N2O2S. The lowest BCUT2D eigenvalue weighted by Crippen LogP contribution is -2.24. The Morgan fingerprint density at radius 2 is 1.83 bits per heavy atom. The van der Waals surface area contributed by atoms with Gasteiger partial charge in [-0.15, -0.1) is 16.5 Å². The molecule has 0 unspecified atom stereocenters. The van der Waals surface area contributed by atoms with Gasteiger partial charge in [0, 0.05) is 5.02 Å². The SMILES string of the molecule is O=C(/C(N=Nc1ccc(Cl)cc1)=C(\O)c1cccs1)C(F)(F)F. The molecule has 1 N–H and O–H groups in total. The molecule has 0 atom stereocenters. The molecule has 0 aliphatic rings. The molecule has 0 bridgehead atoms. The largest absolute Gasteiger partial charge is 0.504 e. The van der Waals surface area contributed by atoms with Gasteiger partial charge in [-0.2, -0.15) is 18.3 Å². The third-order valence-corrected chi connectivity index (χ3v) is 3.67. The molecule has 0 fully saturated rings. The van der Waals surface area contributed by atoms with Crippen molar-refractivity contribution >= 4 is 40.2 Å². The third kappa shape index (κ3) is 4.40. The second-order valence-corrected chi connectivity index (χ2v) is 5.56. The summed E-state index contributed by atoms with van der Waals surface area (Å²) in [5.41, 5.74) is -0.990. The van der Waals surface area contributed by atoms with E-state index < -0.39 is 23.4 Å². The van der Waals surface area contributed by atoms with Crippen LogP contribution in [0.4, 0.5) is 18.9 Å². The predicted molar refractivity (Wildman–Crippen MR) is 80.9 cm³/mol. The first-order chi connectivity index (χ1) is 10.8. The summed E-state index contributed by atoms with van der Waals surface area (Å²) in [4.78, 5) is 11.5. The number of nitrogens with zero attached hydrogens (tertiary/aromatic N) is 2. The van der Waals surface area contributed by atoms with E-state index in [1.54, 1.807) is 0 Å². The lowest BCUT2D eigenvalue weighted by molar-refractivity contribution is -0.166. The fourth-order valence-corrected chi connectivity index (χ4v) is 2.28. The van der Waals surface area contributed by atoms with Crippen LogP contribution in [0.5, 0.6) is 0 Å². The second-order valence-electron chi connectivity index (χ2n) is 4.18. The number of hydrogen-bond donors (Lipinski definition) is 1. The van der Waals surface area contributed by atoms with E-state index in [4.69, 9.17) is 11.6 Å². The van der Waals surface area contributed by atoms with Crippen LogP contribution < -0.4 is 0 Å². The van der Waals surface area contributed by atoms with Gasteiger partial charge in [0.05, 0.1) is 10.6 Å². The number of aliphatic hydroxyl groups is 1. The topological polar surface area (TPSA) is 62.0 Å². The number of aliphatic hydroxyl groups excluding tert-OH is 1. The van der Waals surface area contributed by atoms with E-state index in [2.05, 4.69) is 10.2 Å². The average molecular weight is 361 g/mol. The zero-order valence-corrected chi connectivity index (χ0v) is 12.8. The van der Waals surface area contributed by atoms with Gasteiger partial charge in [0.15, 0.2) is 11.5 Å². The second kappa shape index (κ2) is 6.93. The van der Waals surface area contributed by atoms with Gasteiger partial charge in [0.1, 0.15) is 0 Å². The maximum absolute atomic E-state index is 12.7. The molecular weight excluding hydrogens is 353 g/mol. The standard InChI is InChI=1S/C14H8ClF3N2O2S/c15-8-3-5-9(6-4-8)19-20-11(13(22)14(16,17)18)12(21)10-2-1-7-23-10/h1-7,21H/b12-11+,20-19?. The summed E-state index contributed by atoms with van der Waals surface area (Å²) in [7, 11) is 0. The molecule has 1 aromatic carbocycles. The lowest BCUT2D eigenvalue weighted by atomic mass is 10.2. The summed E-state index contributed by atoms with van der Waals surface area (Å²) in [6.07, 6.45) is -5.18. The third-order valence-electron chi connectivity index (χ3n) is 2.54. The van der Waals surface area contributed by atoms with Gasteiger partial charge in [-0.05, 0) is 35.7 Å². The molecule has 23 heavy (non-hydrogen) atoms. The van der Waals surface area contributed by atoms with Gasteiger partial charge in [0.2, 0.25) is 0 Å². The van der Waals surface area contributed by atoms with Crippen LogP contribution in [-0.2, 0) is 4.79 Å². The first-order valence-electron chi connectivity index (χ1n) is 6.05. The van der Waals surface area contributed by atoms with Crippen molar-refractivity contribution in [2.24, 2.45) is 10.2 Å². The summed E-state index contributed by atoms with van der Waals surface area (Å²) in [6, 6.07) is 8.62. The van der Waals surface area contributed by atoms with Crippen molar-refractivity contribution in [3.8, 4) is 0 Å². The molecule has 2 rings (SSSR count). The molecule has 1 aromatic heterocycles. The summed E-state index contributed by atoms with van der Waals surface area (Å²) in [5, 5.41) is 18.7. The minimum absolute atomic E-state index is 0.0765. The Morgan fingerprint density at radius 1 is 1.17 bits per heavy atom. The van der Waals surface area contributed by atoms with Crippen LogP contribution in [0, 0.1) is 0 Å². The Balaban J connectivity index is 2.44. The first-order valence-corrected chi connectivity index (χ1v) is 7.31. The van der Waals surface area contributed by atoms with Crippen LogP contribution in [0.15, 0.2) is 57.7 Å². The molecule has 1 heterocycles. The molecule has 0 aliphatic heterocycles. The summed E-state index contributed by atoms with van der Waals surface area (Å²) >= 11 is 6.64. The van der Waals surface area contributed by atoms with Crippen molar-refractivity contribution in [2.75, 3.05) is 0 Å². The Hall–Kier alpha value is -2.19. The van der Waals surface area contributed by atoms with E-state index in [0.29, 0.717) is 5.02 Å². The molecule has 0 saturated carbocycles. The number of halogens is 4. The highest BCUT2D eigenvalue weighted by atomic mass is 35.5. The number of allylic oxidation sites excluding steroid dienone is 1. The van der Waals surface area contributed by atoms with E-state index in [0.717, 1.165) is 11.3 Å². The van der Waals surface area contributed by atoms with Gasteiger partial charge < -0.3 is 5.11 Å². The fourth-order valence-electron chi connectivity index (χ4n) is 1.48. The van der Waals surface area contributed by atoms with E-state index >= 15 is 0 Å². The van der Waals surface area contributed by atoms with E-state index in [9.17, 15) is 23.1 Å². The normalized spacial score (nSPS) is 13.2. The Bertz CT molecular complexity index is 753. The summed E-state index contributed by atoms with van der Waals surface area (Å²) < 4.78 is 38.0. The van der Waals surface area contributed by atoms with Crippen LogP contribution in [0.25, 0.3) is 5.76 Å². The van der Waals surface area contributed by atoms with Crippen LogP contribution in [-0.4, -0.2) is 17.1 Å². The van der Waals surface area contributed by atoms with Crippen molar-refractivity contribution in [3.63, 3.8) is 0 Å². The molecule has 0 radical (unpaired) electrons. The number of benzene rings is 1. The highest BCUT2D eigenvalue weighted by molar-refractivity contribution is 7.11. The van der Waals surface area contributed by atoms with Crippen LogP contribution in [0.3, 0.4) is 0 Å². The number of azo groups is 1. The molecule has 120 valence electrons. The molecule has 2 aromatic rings. The molecule has 0 spiro atoms. The maximum atomic E-state index is 12.7. The van der Waals surface area contributed by atoms with Crippen molar-refractivity contribution in [1.82, 2.24) is 0 Å². The summed E-state index contributed by atoms with van der Waals surface area (Å²) in [6.45, 7) is 0. The molecule has 9 heteroatoms. The van der Waals surface area contributed by atoms with E-state index in [1.807, 2.05) is 0 Å². The number of ketones is 1. The highest BCUT2D eigenvalue weighted by Crippen LogP contribution is 2.29. The number of carbonyl (C=O) groups excluding carboxylic acids is 1. The van der Waals surface area contributed by atoms with Crippen LogP contribution in [0.1, 0.15) is 4.88 Å². The van der Waals surface area contributed by atoms with Crippen LogP contribution >= 0.6 is 22.9 Å². The number of hydrogen-bond acceptors (Lipinski definition) is 5. The Labute approximate surface area is 137 Å². The number of alkyl halides is 3. The predicted octanol–water partition coefficient (Wildman–Crippen LogP) is 5.54. The monoisotopic (exact) mass is 360 g/mol. The zero-order valence-electron chi connectivity index (χ0n) is 11.2. The van der Waals surface area contributed by atoms with Crippen molar-refractivity contribution in [1.29, 1.82) is 0 Å². The minimum atomic E-state index is -5.18. The molecule has 4 nitrogen and oxygen atoms in total. The van der Waals surface area contributed by atoms with Crippen LogP contribution in [0.2, 0.25) is 5.02 Å². The van der Waals surface area contributed by atoms with Gasteiger partial charge >= 0.3 is 6.18 Å². The quantitative estimate of drug-likeness (QED) is 0.442. The van der Waals surface area contributed by atoms with Gasteiger partial charge in [-0.25, -0.2) is 0 Å². The number of thiophene rings is 1. The molecule has 0 amide bonds. The average Bonchev–Trinajstić information content (AvgIpc) is 3.02. The van der Waals surface area contributed by atoms with Gasteiger partial charge in [-0.1, -0.05) is 17.7 Å². The molecule has 0 saturated heterocycles. The fraction of sp³-hybridized carbons (Fsp3) is 0.0714. The minimum Gasteiger partial charge on any atom is -0.504 e. The smallest absolute Gasteiger partial charge is 0.456 e. The number of carbonyl (C=O) groups is 1. The van der Waals surface area contributed by atoms with Gasteiger partial charge in [0.25, 0.3) is 5.78 Å². The van der Waals surface area contributed by atoms with Gasteiger partial charge in [-0.3, -0.25) is 4.79 Å². The highest BCUT2D eigenvalue weighted by Gasteiger charge is 2.43. The van der Waals surface area contributed by atoms with Crippen molar-refractivity contribution in [3.05, 3.63) is 57.4 Å². The number of Topliss-reactive ketones (excluding diaryl/α,β-unsaturated/α-hetero) is 1. The Morgan fingerprint density at radius 3 is 2.35 bits per heavy atom. The zero-order chi connectivity index (χ0) is 17.0. The van der Waals surface area contributed by atoms with E-state index in [1.165, 1.54) is 41.8 Å². The first kappa shape index (κ1) is 17.2. The number of rotatable bonds is 4. The van der Waals surface area contributed by atoms with Crippen molar-refractivity contribution < 1.29 is 23.1 Å².